The number of hydrogen-bond acceptors (Lipinski definition) is 3. The van der Waals surface area contributed by atoms with Crippen molar-refractivity contribution in [2.45, 2.75) is 59.5 Å². The van der Waals surface area contributed by atoms with Crippen molar-refractivity contribution in [2.75, 3.05) is 17.2 Å². The highest BCUT2D eigenvalue weighted by atomic mass is 16.5. The summed E-state index contributed by atoms with van der Waals surface area (Å²) in [4.78, 5) is 25.6. The van der Waals surface area contributed by atoms with Gasteiger partial charge in [0.25, 0.3) is 5.91 Å². The van der Waals surface area contributed by atoms with Gasteiger partial charge in [-0.3, -0.25) is 9.59 Å². The lowest BCUT2D eigenvalue weighted by atomic mass is 9.99. The van der Waals surface area contributed by atoms with Crippen molar-refractivity contribution in [3.05, 3.63) is 58.7 Å². The van der Waals surface area contributed by atoms with E-state index in [0.29, 0.717) is 18.0 Å². The quantitative estimate of drug-likeness (QED) is 0.706. The van der Waals surface area contributed by atoms with Crippen LogP contribution in [-0.2, 0) is 14.3 Å². The summed E-state index contributed by atoms with van der Waals surface area (Å²) in [6.07, 6.45) is 1.27. The summed E-state index contributed by atoms with van der Waals surface area (Å²) in [7, 11) is 0. The molecular weight excluding hydrogens is 388 g/mol. The average molecular weight is 421 g/mol. The number of hydrogen-bond donors (Lipinski definition) is 2. The second-order valence-corrected chi connectivity index (χ2v) is 9.71. The second kappa shape index (κ2) is 8.12. The molecule has 5 heteroatoms. The van der Waals surface area contributed by atoms with Gasteiger partial charge in [-0.25, -0.2) is 0 Å². The molecule has 5 nitrogen and oxygen atoms in total. The van der Waals surface area contributed by atoms with Gasteiger partial charge in [-0.1, -0.05) is 49.2 Å². The lowest BCUT2D eigenvalue weighted by Crippen LogP contribution is -2.27. The molecule has 2 aliphatic rings. The van der Waals surface area contributed by atoms with E-state index in [-0.39, 0.29) is 35.2 Å². The molecule has 2 N–H and O–H groups in total. The molecule has 1 aliphatic heterocycles. The van der Waals surface area contributed by atoms with Crippen LogP contribution in [0.3, 0.4) is 0 Å². The average Bonchev–Trinajstić information content (AvgIpc) is 3.04. The van der Waals surface area contributed by atoms with Crippen molar-refractivity contribution >= 4 is 23.2 Å². The van der Waals surface area contributed by atoms with Gasteiger partial charge >= 0.3 is 0 Å². The Labute approximate surface area is 184 Å². The molecule has 31 heavy (non-hydrogen) atoms. The van der Waals surface area contributed by atoms with Crippen molar-refractivity contribution in [3.63, 3.8) is 0 Å². The highest BCUT2D eigenvalue weighted by molar-refractivity contribution is 5.99. The fraction of sp³-hybridized carbons (Fsp3) is 0.462. The maximum Gasteiger partial charge on any atom is 0.253 e. The highest BCUT2D eigenvalue weighted by Crippen LogP contribution is 2.64. The number of amides is 2. The van der Waals surface area contributed by atoms with Crippen LogP contribution in [0.15, 0.2) is 36.4 Å². The third kappa shape index (κ3) is 4.38. The van der Waals surface area contributed by atoms with E-state index in [1.54, 1.807) is 0 Å². The molecule has 4 rings (SSSR count). The Bertz CT molecular complexity index is 1000. The number of ether oxygens (including phenoxy) is 1. The molecule has 2 aromatic rings. The zero-order valence-electron chi connectivity index (χ0n) is 19.0. The lowest BCUT2D eigenvalue weighted by molar-refractivity contribution is -0.124. The van der Waals surface area contributed by atoms with Gasteiger partial charge in [0.1, 0.15) is 6.10 Å². The van der Waals surface area contributed by atoms with Crippen molar-refractivity contribution in [1.29, 1.82) is 0 Å². The zero-order valence-corrected chi connectivity index (χ0v) is 19.0. The van der Waals surface area contributed by atoms with Crippen molar-refractivity contribution in [3.8, 4) is 0 Å². The maximum absolute atomic E-state index is 13.2. The van der Waals surface area contributed by atoms with Gasteiger partial charge in [0.2, 0.25) is 5.91 Å². The van der Waals surface area contributed by atoms with E-state index in [9.17, 15) is 9.59 Å². The van der Waals surface area contributed by atoms with Crippen LogP contribution in [0.1, 0.15) is 54.9 Å². The molecular formula is C26H32N2O3. The van der Waals surface area contributed by atoms with Crippen LogP contribution in [0.5, 0.6) is 0 Å². The number of anilines is 2. The van der Waals surface area contributed by atoms with E-state index in [4.69, 9.17) is 4.74 Å². The van der Waals surface area contributed by atoms with Crippen LogP contribution in [0.25, 0.3) is 0 Å². The van der Waals surface area contributed by atoms with Crippen LogP contribution in [0.4, 0.5) is 11.4 Å². The van der Waals surface area contributed by atoms with Crippen LogP contribution in [0, 0.1) is 32.1 Å². The third-order valence-corrected chi connectivity index (χ3v) is 6.70. The Morgan fingerprint density at radius 2 is 1.68 bits per heavy atom. The third-order valence-electron chi connectivity index (χ3n) is 6.70. The molecule has 1 saturated carbocycles. The Morgan fingerprint density at radius 1 is 0.968 bits per heavy atom. The minimum atomic E-state index is -0.386. The topological polar surface area (TPSA) is 67.4 Å². The van der Waals surface area contributed by atoms with Crippen molar-refractivity contribution in [2.24, 2.45) is 11.3 Å². The predicted molar refractivity (Wildman–Crippen MR) is 123 cm³/mol. The highest BCUT2D eigenvalue weighted by Gasteiger charge is 2.62. The zero-order chi connectivity index (χ0) is 22.3. The molecule has 1 aliphatic carbocycles. The van der Waals surface area contributed by atoms with Gasteiger partial charge in [0, 0.05) is 23.9 Å². The minimum Gasteiger partial charge on any atom is -0.368 e. The SMILES string of the molecule is Cc1cc(C)cc(C2C(C(=O)Nc3ccc(C)c(NC(=O)C4CCCO4)c3)C2(C)C)c1. The standard InChI is InChI=1S/C26H32N2O3/c1-15-11-16(2)13-18(12-15)22-23(26(22,4)5)25(30)27-19-9-8-17(3)20(14-19)28-24(29)21-7-6-10-31-21/h8-9,11-14,21-23H,6-7,10H2,1-5H3,(H,27,30)(H,28,29). The first-order chi connectivity index (χ1) is 14.7. The van der Waals surface area contributed by atoms with Crippen molar-refractivity contribution < 1.29 is 14.3 Å². The summed E-state index contributed by atoms with van der Waals surface area (Å²) in [5, 5.41) is 6.04. The fourth-order valence-electron chi connectivity index (χ4n) is 4.99. The van der Waals surface area contributed by atoms with Gasteiger partial charge in [-0.2, -0.15) is 0 Å². The summed E-state index contributed by atoms with van der Waals surface area (Å²) in [5.41, 5.74) is 5.94. The van der Waals surface area contributed by atoms with Crippen LogP contribution < -0.4 is 10.6 Å². The second-order valence-electron chi connectivity index (χ2n) is 9.71. The molecule has 2 fully saturated rings. The summed E-state index contributed by atoms with van der Waals surface area (Å²) in [5.74, 6) is 0.0202. The summed E-state index contributed by atoms with van der Waals surface area (Å²) in [6, 6.07) is 12.2. The molecule has 1 heterocycles. The monoisotopic (exact) mass is 420 g/mol. The Kier molecular flexibility index (Phi) is 5.65. The van der Waals surface area contributed by atoms with E-state index in [0.717, 1.165) is 18.4 Å². The number of carbonyl (C=O) groups is 2. The number of rotatable bonds is 5. The van der Waals surface area contributed by atoms with Gasteiger partial charge < -0.3 is 15.4 Å². The number of nitrogens with one attached hydrogen (secondary N) is 2. The van der Waals surface area contributed by atoms with E-state index in [1.807, 2.05) is 25.1 Å². The largest absolute Gasteiger partial charge is 0.368 e. The van der Waals surface area contributed by atoms with Gasteiger partial charge in [-0.05, 0) is 62.3 Å². The molecule has 2 aromatic carbocycles. The first kappa shape index (κ1) is 21.6. The van der Waals surface area contributed by atoms with Crippen LogP contribution in [0.2, 0.25) is 0 Å². The van der Waals surface area contributed by atoms with Gasteiger partial charge in [-0.15, -0.1) is 0 Å². The molecule has 164 valence electrons. The molecule has 0 radical (unpaired) electrons. The smallest absolute Gasteiger partial charge is 0.253 e. The first-order valence-corrected chi connectivity index (χ1v) is 11.1. The van der Waals surface area contributed by atoms with Crippen LogP contribution in [-0.4, -0.2) is 24.5 Å². The molecule has 0 spiro atoms. The minimum absolute atomic E-state index is 0.0226. The fourth-order valence-corrected chi connectivity index (χ4v) is 4.99. The van der Waals surface area contributed by atoms with E-state index < -0.39 is 0 Å². The Hall–Kier alpha value is -2.66. The van der Waals surface area contributed by atoms with Crippen molar-refractivity contribution in [1.82, 2.24) is 0 Å². The first-order valence-electron chi connectivity index (χ1n) is 11.1. The maximum atomic E-state index is 13.2. The molecule has 0 aromatic heterocycles. The predicted octanol–water partition coefficient (Wildman–Crippen LogP) is 5.11. The Balaban J connectivity index is 1.47. The van der Waals surface area contributed by atoms with E-state index in [1.165, 1.54) is 16.7 Å². The molecule has 0 bridgehead atoms. The van der Waals surface area contributed by atoms with Gasteiger partial charge in [0.15, 0.2) is 0 Å². The summed E-state index contributed by atoms with van der Waals surface area (Å²) < 4.78 is 5.47. The van der Waals surface area contributed by atoms with E-state index in [2.05, 4.69) is 56.5 Å². The molecule has 1 saturated heterocycles. The molecule has 2 amide bonds. The van der Waals surface area contributed by atoms with Gasteiger partial charge in [0.05, 0.1) is 5.92 Å². The number of carbonyl (C=O) groups excluding carboxylic acids is 2. The van der Waals surface area contributed by atoms with E-state index >= 15 is 0 Å². The summed E-state index contributed by atoms with van der Waals surface area (Å²) in [6.45, 7) is 11.1. The lowest BCUT2D eigenvalue weighted by Gasteiger charge is -2.14. The number of benzene rings is 2. The molecule has 3 unspecified atom stereocenters. The number of aryl methyl sites for hydroxylation is 3. The molecule has 3 atom stereocenters. The normalized spacial score (nSPS) is 24.0. The van der Waals surface area contributed by atoms with Crippen LogP contribution >= 0.6 is 0 Å². The Morgan fingerprint density at radius 3 is 2.32 bits per heavy atom. The summed E-state index contributed by atoms with van der Waals surface area (Å²) >= 11 is 0.